The zero-order valence-corrected chi connectivity index (χ0v) is 21.2. The fraction of sp³-hybridized carbons (Fsp3) is 0.292. The van der Waals surface area contributed by atoms with Gasteiger partial charge < -0.3 is 15.0 Å². The molecule has 1 unspecified atom stereocenters. The Labute approximate surface area is 217 Å². The first-order valence-corrected chi connectivity index (χ1v) is 11.8. The lowest BCUT2D eigenvalue weighted by molar-refractivity contribution is -0.160. The second kappa shape index (κ2) is 8.64. The van der Waals surface area contributed by atoms with Crippen molar-refractivity contribution in [3.63, 3.8) is 0 Å². The van der Waals surface area contributed by atoms with Crippen LogP contribution in [0.2, 0.25) is 10.0 Å². The number of nitrogens with zero attached hydrogens (tertiary/aromatic N) is 2. The number of aromatic nitrogens is 4. The van der Waals surface area contributed by atoms with E-state index in [4.69, 9.17) is 27.9 Å². The van der Waals surface area contributed by atoms with E-state index >= 15 is 0 Å². The van der Waals surface area contributed by atoms with Crippen LogP contribution in [0.3, 0.4) is 0 Å². The normalized spacial score (nSPS) is 17.1. The minimum absolute atomic E-state index is 0.0621. The molecular formula is C24H20Cl2F3N5O3. The Morgan fingerprint density at radius 1 is 1.11 bits per heavy atom. The molecule has 1 aliphatic rings. The van der Waals surface area contributed by atoms with Crippen molar-refractivity contribution in [2.45, 2.75) is 31.5 Å². The summed E-state index contributed by atoms with van der Waals surface area (Å²) in [6.45, 7) is 3.88. The van der Waals surface area contributed by atoms with E-state index < -0.39 is 28.9 Å². The van der Waals surface area contributed by atoms with Crippen molar-refractivity contribution in [3.8, 4) is 22.8 Å². The number of fused-ring (bicyclic) bond motifs is 3. The Balaban J connectivity index is 1.56. The Bertz CT molecular complexity index is 1650. The van der Waals surface area contributed by atoms with E-state index in [9.17, 15) is 22.8 Å². The van der Waals surface area contributed by atoms with E-state index in [0.29, 0.717) is 22.2 Å². The van der Waals surface area contributed by atoms with Crippen LogP contribution in [0.1, 0.15) is 31.1 Å². The fourth-order valence-electron chi connectivity index (χ4n) is 4.61. The van der Waals surface area contributed by atoms with Crippen LogP contribution in [0.25, 0.3) is 22.2 Å². The van der Waals surface area contributed by atoms with Crippen LogP contribution in [0, 0.1) is 0 Å². The van der Waals surface area contributed by atoms with Crippen molar-refractivity contribution in [3.05, 3.63) is 72.5 Å². The molecule has 37 heavy (non-hydrogen) atoms. The molecule has 0 saturated carbocycles. The summed E-state index contributed by atoms with van der Waals surface area (Å²) in [4.78, 5) is 28.9. The molecule has 2 aromatic carbocycles. The molecule has 13 heteroatoms. The maximum absolute atomic E-state index is 13.7. The molecular weight excluding hydrogens is 534 g/mol. The number of H-pyrrole nitrogens is 2. The van der Waals surface area contributed by atoms with Crippen molar-refractivity contribution < 1.29 is 17.9 Å². The highest BCUT2D eigenvalue weighted by molar-refractivity contribution is 6.37. The topological polar surface area (TPSA) is 105 Å². The second-order valence-electron chi connectivity index (χ2n) is 9.46. The van der Waals surface area contributed by atoms with Crippen molar-refractivity contribution >= 4 is 34.1 Å². The first-order chi connectivity index (χ1) is 17.3. The smallest absolute Gasteiger partial charge is 0.409 e. The number of benzene rings is 2. The zero-order valence-electron chi connectivity index (χ0n) is 19.7. The highest BCUT2D eigenvalue weighted by Crippen LogP contribution is 2.46. The van der Waals surface area contributed by atoms with Crippen LogP contribution >= 0.6 is 23.2 Å². The minimum Gasteiger partial charge on any atom is -0.454 e. The molecule has 0 amide bonds. The first-order valence-electron chi connectivity index (χ1n) is 11.1. The molecule has 0 fully saturated rings. The van der Waals surface area contributed by atoms with Crippen molar-refractivity contribution in [2.24, 2.45) is 7.05 Å². The maximum atomic E-state index is 13.7. The van der Waals surface area contributed by atoms with Crippen LogP contribution in [0.15, 0.2) is 39.9 Å². The number of rotatable bonds is 3. The summed E-state index contributed by atoms with van der Waals surface area (Å²) in [6, 6.07) is 5.90. The summed E-state index contributed by atoms with van der Waals surface area (Å²) in [5.74, 6) is 0.396. The number of halogens is 5. The Morgan fingerprint density at radius 3 is 2.43 bits per heavy atom. The number of aromatic amines is 2. The fourth-order valence-corrected chi connectivity index (χ4v) is 5.17. The van der Waals surface area contributed by atoms with E-state index in [1.807, 2.05) is 13.8 Å². The summed E-state index contributed by atoms with van der Waals surface area (Å²) < 4.78 is 48.0. The van der Waals surface area contributed by atoms with Crippen LogP contribution in [0.5, 0.6) is 11.5 Å². The number of hydrogen-bond donors (Lipinski definition) is 3. The highest BCUT2D eigenvalue weighted by atomic mass is 35.5. The molecule has 1 aliphatic heterocycles. The summed E-state index contributed by atoms with van der Waals surface area (Å²) in [5.41, 5.74) is -0.589. The minimum atomic E-state index is -4.46. The molecule has 8 nitrogen and oxygen atoms in total. The summed E-state index contributed by atoms with van der Waals surface area (Å²) in [6.07, 6.45) is -4.46. The Morgan fingerprint density at radius 2 is 1.78 bits per heavy atom. The summed E-state index contributed by atoms with van der Waals surface area (Å²) >= 11 is 12.9. The van der Waals surface area contributed by atoms with Crippen molar-refractivity contribution in [2.75, 3.05) is 6.54 Å². The van der Waals surface area contributed by atoms with Gasteiger partial charge in [-0.2, -0.15) is 18.3 Å². The monoisotopic (exact) mass is 553 g/mol. The Kier molecular flexibility index (Phi) is 5.93. The van der Waals surface area contributed by atoms with Gasteiger partial charge in [0, 0.05) is 41.2 Å². The molecule has 4 aromatic rings. The van der Waals surface area contributed by atoms with Gasteiger partial charge in [0.2, 0.25) is 0 Å². The summed E-state index contributed by atoms with van der Waals surface area (Å²) in [7, 11) is 1.38. The molecule has 0 aliphatic carbocycles. The number of ether oxygens (including phenoxy) is 1. The maximum Gasteiger partial charge on any atom is 0.409 e. The van der Waals surface area contributed by atoms with Gasteiger partial charge in [0.25, 0.3) is 5.56 Å². The van der Waals surface area contributed by atoms with Gasteiger partial charge in [-0.3, -0.25) is 9.78 Å². The molecule has 2 aromatic heterocycles. The Hall–Kier alpha value is -3.28. The third kappa shape index (κ3) is 4.41. The third-order valence-corrected chi connectivity index (χ3v) is 6.87. The summed E-state index contributed by atoms with van der Waals surface area (Å²) in [5, 5.41) is 7.28. The standard InChI is InChI=1S/C24H20Cl2F3N5O3/c1-23(2)9-30-20(24(27,28)29)18-16(23)12-8-11(4-5-15(12)31-18)37-19-13(25)6-10(7-14(19)26)17-21(35)32-22(36)34(3)33-17/h4-8,20,30-31H,9H2,1-3H3,(H,32,35,36). The SMILES string of the molecule is Cn1nc(-c2cc(Cl)c(Oc3ccc4[nH]c5c(c4c3)C(C)(C)CNC5C(F)(F)F)c(Cl)c2)c(=O)[nH]c1=O. The van der Waals surface area contributed by atoms with Crippen molar-refractivity contribution in [1.82, 2.24) is 25.1 Å². The van der Waals surface area contributed by atoms with Crippen LogP contribution in [-0.2, 0) is 12.5 Å². The van der Waals surface area contributed by atoms with Gasteiger partial charge in [0.15, 0.2) is 11.4 Å². The van der Waals surface area contributed by atoms with Crippen LogP contribution in [-0.4, -0.2) is 32.5 Å². The molecule has 5 rings (SSSR count). The molecule has 0 bridgehead atoms. The van der Waals surface area contributed by atoms with E-state index in [-0.39, 0.29) is 39.3 Å². The second-order valence-corrected chi connectivity index (χ2v) is 10.3. The number of aryl methyl sites for hydroxylation is 1. The lowest BCUT2D eigenvalue weighted by Crippen LogP contribution is -2.46. The van der Waals surface area contributed by atoms with E-state index in [1.165, 1.54) is 19.2 Å². The van der Waals surface area contributed by atoms with Gasteiger partial charge in [-0.05, 0) is 35.9 Å². The van der Waals surface area contributed by atoms with Gasteiger partial charge in [-0.15, -0.1) is 0 Å². The van der Waals surface area contributed by atoms with Crippen LogP contribution < -0.4 is 21.3 Å². The molecule has 0 spiro atoms. The number of alkyl halides is 3. The molecule has 3 N–H and O–H groups in total. The predicted molar refractivity (Wildman–Crippen MR) is 134 cm³/mol. The molecule has 3 heterocycles. The average Bonchev–Trinajstić information content (AvgIpc) is 3.17. The van der Waals surface area contributed by atoms with Gasteiger partial charge >= 0.3 is 11.9 Å². The van der Waals surface area contributed by atoms with Crippen LogP contribution in [0.4, 0.5) is 13.2 Å². The van der Waals surface area contributed by atoms with Gasteiger partial charge in [0.05, 0.1) is 10.0 Å². The highest BCUT2D eigenvalue weighted by Gasteiger charge is 2.48. The predicted octanol–water partition coefficient (Wildman–Crippen LogP) is 5.20. The average molecular weight is 554 g/mol. The van der Waals surface area contributed by atoms with Crippen molar-refractivity contribution in [1.29, 1.82) is 0 Å². The van der Waals surface area contributed by atoms with E-state index in [0.717, 1.165) is 4.68 Å². The molecule has 0 radical (unpaired) electrons. The van der Waals surface area contributed by atoms with E-state index in [1.54, 1.807) is 18.2 Å². The third-order valence-electron chi connectivity index (χ3n) is 6.31. The number of hydrogen-bond acceptors (Lipinski definition) is 5. The molecule has 194 valence electrons. The van der Waals surface area contributed by atoms with Gasteiger partial charge in [0.1, 0.15) is 11.8 Å². The largest absolute Gasteiger partial charge is 0.454 e. The zero-order chi connectivity index (χ0) is 26.9. The van der Waals surface area contributed by atoms with E-state index in [2.05, 4.69) is 20.4 Å². The number of nitrogens with one attached hydrogen (secondary N) is 3. The molecule has 1 atom stereocenters. The quantitative estimate of drug-likeness (QED) is 0.323. The lowest BCUT2D eigenvalue weighted by Gasteiger charge is -2.36. The van der Waals surface area contributed by atoms with Gasteiger partial charge in [-0.25, -0.2) is 9.48 Å². The first kappa shape index (κ1) is 25.4. The molecule has 0 saturated heterocycles. The van der Waals surface area contributed by atoms with Gasteiger partial charge in [-0.1, -0.05) is 37.0 Å². The lowest BCUT2D eigenvalue weighted by atomic mass is 9.78.